The molecule has 1 heterocycles. The number of methoxy groups -OCH3 is 1. The van der Waals surface area contributed by atoms with Gasteiger partial charge in [0.1, 0.15) is 0 Å². The van der Waals surface area contributed by atoms with Crippen molar-refractivity contribution in [3.05, 3.63) is 65.0 Å². The number of hydrogen-bond donors (Lipinski definition) is 0. The number of benzene rings is 1. The maximum absolute atomic E-state index is 12.5. The van der Waals surface area contributed by atoms with Gasteiger partial charge in [-0.1, -0.05) is 44.2 Å². The van der Waals surface area contributed by atoms with Crippen LogP contribution in [0.1, 0.15) is 51.9 Å². The van der Waals surface area contributed by atoms with Crippen LogP contribution in [-0.2, 0) is 4.74 Å². The number of hydrogen-bond acceptors (Lipinski definition) is 4. The van der Waals surface area contributed by atoms with Crippen LogP contribution in [0.4, 0.5) is 0 Å². The van der Waals surface area contributed by atoms with Crippen molar-refractivity contribution < 1.29 is 14.3 Å². The summed E-state index contributed by atoms with van der Waals surface area (Å²) in [5.74, 6) is -0.676. The van der Waals surface area contributed by atoms with E-state index in [0.717, 1.165) is 5.69 Å². The standard InChI is InChI=1S/C17H17NO3/c1-11(2)14-10-9-13(15(18-14)17(20)21-3)16(19)12-7-5-4-6-8-12/h4-11H,1-3H3. The van der Waals surface area contributed by atoms with Crippen LogP contribution < -0.4 is 0 Å². The minimum absolute atomic E-state index is 0.0672. The first-order chi connectivity index (χ1) is 10.0. The third-order valence-corrected chi connectivity index (χ3v) is 3.17. The Hall–Kier alpha value is -2.49. The lowest BCUT2D eigenvalue weighted by molar-refractivity contribution is 0.0590. The molecule has 0 fully saturated rings. The third-order valence-electron chi connectivity index (χ3n) is 3.17. The van der Waals surface area contributed by atoms with Gasteiger partial charge in [-0.05, 0) is 18.1 Å². The summed E-state index contributed by atoms with van der Waals surface area (Å²) in [5, 5.41) is 0. The summed E-state index contributed by atoms with van der Waals surface area (Å²) < 4.78 is 4.74. The zero-order chi connectivity index (χ0) is 15.4. The van der Waals surface area contributed by atoms with Gasteiger partial charge in [-0.2, -0.15) is 0 Å². The second-order valence-corrected chi connectivity index (χ2v) is 4.97. The lowest BCUT2D eigenvalue weighted by atomic mass is 10.00. The predicted molar refractivity (Wildman–Crippen MR) is 79.5 cm³/mol. The Morgan fingerprint density at radius 3 is 2.29 bits per heavy atom. The Kier molecular flexibility index (Phi) is 4.48. The highest BCUT2D eigenvalue weighted by Gasteiger charge is 2.21. The van der Waals surface area contributed by atoms with Crippen LogP contribution in [0.15, 0.2) is 42.5 Å². The third kappa shape index (κ3) is 3.16. The molecule has 4 nitrogen and oxygen atoms in total. The van der Waals surface area contributed by atoms with E-state index >= 15 is 0 Å². The van der Waals surface area contributed by atoms with Crippen LogP contribution in [0.3, 0.4) is 0 Å². The van der Waals surface area contributed by atoms with Crippen molar-refractivity contribution in [1.29, 1.82) is 0 Å². The predicted octanol–water partition coefficient (Wildman–Crippen LogP) is 3.22. The van der Waals surface area contributed by atoms with E-state index in [2.05, 4.69) is 4.98 Å². The molecule has 0 aliphatic carbocycles. The second kappa shape index (κ2) is 6.31. The maximum atomic E-state index is 12.5. The molecule has 4 heteroatoms. The molecule has 2 rings (SSSR count). The second-order valence-electron chi connectivity index (χ2n) is 4.97. The van der Waals surface area contributed by atoms with E-state index in [1.54, 1.807) is 36.4 Å². The topological polar surface area (TPSA) is 56.3 Å². The zero-order valence-electron chi connectivity index (χ0n) is 12.3. The molecule has 0 spiro atoms. The fourth-order valence-electron chi connectivity index (χ4n) is 1.98. The van der Waals surface area contributed by atoms with Crippen molar-refractivity contribution in [2.75, 3.05) is 7.11 Å². The van der Waals surface area contributed by atoms with E-state index in [9.17, 15) is 9.59 Å². The number of carbonyl (C=O) groups excluding carboxylic acids is 2. The van der Waals surface area contributed by atoms with E-state index < -0.39 is 5.97 Å². The summed E-state index contributed by atoms with van der Waals surface area (Å²) in [5.41, 5.74) is 1.59. The number of esters is 1. The number of nitrogens with zero attached hydrogens (tertiary/aromatic N) is 1. The molecule has 0 unspecified atom stereocenters. The van der Waals surface area contributed by atoms with Crippen molar-refractivity contribution in [2.24, 2.45) is 0 Å². The first kappa shape index (κ1) is 14.9. The number of pyridine rings is 1. The number of rotatable bonds is 4. The molecule has 0 N–H and O–H groups in total. The Morgan fingerprint density at radius 1 is 1.05 bits per heavy atom. The minimum Gasteiger partial charge on any atom is -0.464 e. The first-order valence-corrected chi connectivity index (χ1v) is 6.73. The summed E-state index contributed by atoms with van der Waals surface area (Å²) in [6.07, 6.45) is 0. The monoisotopic (exact) mass is 283 g/mol. The van der Waals surface area contributed by atoms with Crippen LogP contribution in [0.2, 0.25) is 0 Å². The van der Waals surface area contributed by atoms with Gasteiger partial charge in [0, 0.05) is 11.3 Å². The molecule has 0 radical (unpaired) electrons. The van der Waals surface area contributed by atoms with E-state index in [1.807, 2.05) is 19.9 Å². The van der Waals surface area contributed by atoms with Gasteiger partial charge < -0.3 is 4.74 Å². The van der Waals surface area contributed by atoms with E-state index in [-0.39, 0.29) is 23.0 Å². The smallest absolute Gasteiger partial charge is 0.357 e. The quantitative estimate of drug-likeness (QED) is 0.638. The van der Waals surface area contributed by atoms with Crippen molar-refractivity contribution >= 4 is 11.8 Å². The molecule has 1 aromatic heterocycles. The normalized spacial score (nSPS) is 10.5. The first-order valence-electron chi connectivity index (χ1n) is 6.73. The zero-order valence-corrected chi connectivity index (χ0v) is 12.3. The summed E-state index contributed by atoms with van der Waals surface area (Å²) in [7, 11) is 1.28. The molecular formula is C17H17NO3. The van der Waals surface area contributed by atoms with E-state index in [1.165, 1.54) is 7.11 Å². The van der Waals surface area contributed by atoms with E-state index in [0.29, 0.717) is 5.56 Å². The number of carbonyl (C=O) groups is 2. The Balaban J connectivity index is 2.52. The Morgan fingerprint density at radius 2 is 1.71 bits per heavy atom. The Labute approximate surface area is 123 Å². The minimum atomic E-state index is -0.600. The van der Waals surface area contributed by atoms with Crippen molar-refractivity contribution in [1.82, 2.24) is 4.98 Å². The van der Waals surface area contributed by atoms with E-state index in [4.69, 9.17) is 4.74 Å². The largest absolute Gasteiger partial charge is 0.464 e. The average Bonchev–Trinajstić information content (AvgIpc) is 2.53. The number of ether oxygens (including phenoxy) is 1. The van der Waals surface area contributed by atoms with Gasteiger partial charge in [0.05, 0.1) is 12.7 Å². The van der Waals surface area contributed by atoms with Crippen molar-refractivity contribution in [3.8, 4) is 0 Å². The lowest BCUT2D eigenvalue weighted by Gasteiger charge is -2.10. The molecule has 0 saturated carbocycles. The molecule has 0 saturated heterocycles. The van der Waals surface area contributed by atoms with Crippen molar-refractivity contribution in [3.63, 3.8) is 0 Å². The highest BCUT2D eigenvalue weighted by atomic mass is 16.5. The maximum Gasteiger partial charge on any atom is 0.357 e. The van der Waals surface area contributed by atoms with Crippen LogP contribution in [-0.4, -0.2) is 23.8 Å². The van der Waals surface area contributed by atoms with Gasteiger partial charge in [0.2, 0.25) is 0 Å². The number of aromatic nitrogens is 1. The van der Waals surface area contributed by atoms with Gasteiger partial charge in [0.15, 0.2) is 11.5 Å². The van der Waals surface area contributed by atoms with Gasteiger partial charge in [-0.15, -0.1) is 0 Å². The molecule has 0 atom stereocenters. The fraction of sp³-hybridized carbons (Fsp3) is 0.235. The van der Waals surface area contributed by atoms with Gasteiger partial charge in [-0.3, -0.25) is 4.79 Å². The highest BCUT2D eigenvalue weighted by Crippen LogP contribution is 2.18. The molecule has 0 bridgehead atoms. The van der Waals surface area contributed by atoms with Gasteiger partial charge in [0.25, 0.3) is 0 Å². The van der Waals surface area contributed by atoms with Crippen LogP contribution >= 0.6 is 0 Å². The molecule has 108 valence electrons. The average molecular weight is 283 g/mol. The van der Waals surface area contributed by atoms with Gasteiger partial charge in [-0.25, -0.2) is 9.78 Å². The lowest BCUT2D eigenvalue weighted by Crippen LogP contribution is -2.15. The fourth-order valence-corrected chi connectivity index (χ4v) is 1.98. The van der Waals surface area contributed by atoms with Crippen LogP contribution in [0, 0.1) is 0 Å². The summed E-state index contributed by atoms with van der Waals surface area (Å²) >= 11 is 0. The van der Waals surface area contributed by atoms with Crippen molar-refractivity contribution in [2.45, 2.75) is 19.8 Å². The molecule has 0 aliphatic heterocycles. The van der Waals surface area contributed by atoms with Gasteiger partial charge >= 0.3 is 5.97 Å². The molecule has 1 aromatic carbocycles. The highest BCUT2D eigenvalue weighted by molar-refractivity contribution is 6.13. The molecular weight excluding hydrogens is 266 g/mol. The molecule has 21 heavy (non-hydrogen) atoms. The summed E-state index contributed by atoms with van der Waals surface area (Å²) in [6, 6.07) is 12.2. The molecule has 2 aromatic rings. The SMILES string of the molecule is COC(=O)c1nc(C(C)C)ccc1C(=O)c1ccccc1. The molecule has 0 aliphatic rings. The van der Waals surface area contributed by atoms with Crippen LogP contribution in [0.5, 0.6) is 0 Å². The molecule has 0 amide bonds. The number of ketones is 1. The Bertz CT molecular complexity index is 663. The summed E-state index contributed by atoms with van der Waals surface area (Å²) in [4.78, 5) is 28.7. The van der Waals surface area contributed by atoms with Crippen LogP contribution in [0.25, 0.3) is 0 Å². The summed E-state index contributed by atoms with van der Waals surface area (Å²) in [6.45, 7) is 3.95.